The molecule has 0 saturated carbocycles. The van der Waals surface area contributed by atoms with Gasteiger partial charge in [-0.15, -0.1) is 0 Å². The number of nitrogens with zero attached hydrogens (tertiary/aromatic N) is 1. The molecule has 1 aliphatic heterocycles. The minimum atomic E-state index is -0.189. The summed E-state index contributed by atoms with van der Waals surface area (Å²) in [6, 6.07) is 5.94. The molecule has 25 heavy (non-hydrogen) atoms. The molecular formula is C19H26BrNO4. The van der Waals surface area contributed by atoms with Crippen molar-refractivity contribution in [1.29, 1.82) is 0 Å². The first-order valence-corrected chi connectivity index (χ1v) is 9.30. The van der Waals surface area contributed by atoms with Gasteiger partial charge in [-0.2, -0.15) is 0 Å². The Morgan fingerprint density at radius 2 is 1.88 bits per heavy atom. The van der Waals surface area contributed by atoms with Crippen LogP contribution in [0.3, 0.4) is 0 Å². The third-order valence-electron chi connectivity index (χ3n) is 4.53. The number of ether oxygens (including phenoxy) is 2. The SMILES string of the molecule is COC(=O)C1CCN(C(=O)COc2ccc(C(C)(C)C)cc2Br)CC1. The van der Waals surface area contributed by atoms with Crippen molar-refractivity contribution >= 4 is 27.8 Å². The molecule has 0 unspecified atom stereocenters. The molecule has 5 nitrogen and oxygen atoms in total. The first-order chi connectivity index (χ1) is 11.7. The van der Waals surface area contributed by atoms with E-state index in [-0.39, 0.29) is 29.8 Å². The van der Waals surface area contributed by atoms with Gasteiger partial charge in [-0.25, -0.2) is 0 Å². The summed E-state index contributed by atoms with van der Waals surface area (Å²) >= 11 is 3.52. The minimum absolute atomic E-state index is 0.00362. The molecule has 0 aromatic heterocycles. The number of halogens is 1. The van der Waals surface area contributed by atoms with Crippen molar-refractivity contribution in [2.24, 2.45) is 5.92 Å². The average Bonchev–Trinajstić information content (AvgIpc) is 2.59. The van der Waals surface area contributed by atoms with E-state index < -0.39 is 0 Å². The number of benzene rings is 1. The van der Waals surface area contributed by atoms with Gasteiger partial charge in [0.05, 0.1) is 17.5 Å². The Hall–Kier alpha value is -1.56. The van der Waals surface area contributed by atoms with Gasteiger partial charge in [0.2, 0.25) is 0 Å². The summed E-state index contributed by atoms with van der Waals surface area (Å²) in [5.41, 5.74) is 1.25. The molecule has 1 fully saturated rings. The second-order valence-electron chi connectivity index (χ2n) is 7.36. The first-order valence-electron chi connectivity index (χ1n) is 8.51. The van der Waals surface area contributed by atoms with Crippen molar-refractivity contribution in [3.05, 3.63) is 28.2 Å². The lowest BCUT2D eigenvalue weighted by molar-refractivity contribution is -0.149. The van der Waals surface area contributed by atoms with E-state index in [9.17, 15) is 9.59 Å². The lowest BCUT2D eigenvalue weighted by atomic mass is 9.87. The number of hydrogen-bond acceptors (Lipinski definition) is 4. The lowest BCUT2D eigenvalue weighted by Gasteiger charge is -2.30. The van der Waals surface area contributed by atoms with Gasteiger partial charge < -0.3 is 14.4 Å². The Morgan fingerprint density at radius 1 is 1.24 bits per heavy atom. The largest absolute Gasteiger partial charge is 0.483 e. The average molecular weight is 412 g/mol. The molecule has 1 amide bonds. The highest BCUT2D eigenvalue weighted by Crippen LogP contribution is 2.31. The van der Waals surface area contributed by atoms with Crippen LogP contribution in [0, 0.1) is 5.92 Å². The van der Waals surface area contributed by atoms with Gasteiger partial charge in [-0.1, -0.05) is 26.8 Å². The zero-order valence-electron chi connectivity index (χ0n) is 15.3. The van der Waals surface area contributed by atoms with E-state index in [1.165, 1.54) is 12.7 Å². The number of carbonyl (C=O) groups is 2. The number of hydrogen-bond donors (Lipinski definition) is 0. The zero-order chi connectivity index (χ0) is 18.6. The maximum Gasteiger partial charge on any atom is 0.308 e. The molecular weight excluding hydrogens is 386 g/mol. The van der Waals surface area contributed by atoms with E-state index in [1.54, 1.807) is 4.90 Å². The standard InChI is InChI=1S/C19H26BrNO4/c1-19(2,3)14-5-6-16(15(20)11-14)25-12-17(22)21-9-7-13(8-10-21)18(23)24-4/h5-6,11,13H,7-10,12H2,1-4H3. The number of esters is 1. The normalized spacial score (nSPS) is 15.8. The number of likely N-dealkylation sites (tertiary alicyclic amines) is 1. The van der Waals surface area contributed by atoms with E-state index >= 15 is 0 Å². The highest BCUT2D eigenvalue weighted by atomic mass is 79.9. The maximum atomic E-state index is 12.3. The molecule has 1 aromatic rings. The van der Waals surface area contributed by atoms with Crippen molar-refractivity contribution in [2.75, 3.05) is 26.8 Å². The van der Waals surface area contributed by atoms with Crippen LogP contribution < -0.4 is 4.74 Å². The van der Waals surface area contributed by atoms with Crippen LogP contribution in [0.5, 0.6) is 5.75 Å². The smallest absolute Gasteiger partial charge is 0.308 e. The maximum absolute atomic E-state index is 12.3. The predicted octanol–water partition coefficient (Wildman–Crippen LogP) is 3.54. The van der Waals surface area contributed by atoms with Gasteiger partial charge in [0, 0.05) is 13.1 Å². The Bertz CT molecular complexity index is 631. The van der Waals surface area contributed by atoms with E-state index in [4.69, 9.17) is 9.47 Å². The van der Waals surface area contributed by atoms with Gasteiger partial charge in [-0.3, -0.25) is 9.59 Å². The third kappa shape index (κ3) is 5.21. The van der Waals surface area contributed by atoms with Crippen LogP contribution in [0.25, 0.3) is 0 Å². The fraction of sp³-hybridized carbons (Fsp3) is 0.579. The molecule has 138 valence electrons. The molecule has 0 N–H and O–H groups in total. The van der Waals surface area contributed by atoms with Crippen molar-refractivity contribution in [2.45, 2.75) is 39.0 Å². The topological polar surface area (TPSA) is 55.8 Å². The quantitative estimate of drug-likeness (QED) is 0.710. The highest BCUT2D eigenvalue weighted by molar-refractivity contribution is 9.10. The lowest BCUT2D eigenvalue weighted by Crippen LogP contribution is -2.42. The molecule has 1 aromatic carbocycles. The number of carbonyl (C=O) groups excluding carboxylic acids is 2. The summed E-state index contributed by atoms with van der Waals surface area (Å²) in [7, 11) is 1.40. The first kappa shape index (κ1) is 19.8. The molecule has 1 saturated heterocycles. The van der Waals surface area contributed by atoms with E-state index in [0.29, 0.717) is 31.7 Å². The van der Waals surface area contributed by atoms with Crippen molar-refractivity contribution in [3.63, 3.8) is 0 Å². The van der Waals surface area contributed by atoms with Gasteiger partial charge >= 0.3 is 5.97 Å². The van der Waals surface area contributed by atoms with Gasteiger partial charge in [0.25, 0.3) is 5.91 Å². The third-order valence-corrected chi connectivity index (χ3v) is 5.15. The van der Waals surface area contributed by atoms with Crippen LogP contribution in [0.4, 0.5) is 0 Å². The van der Waals surface area contributed by atoms with Crippen molar-refractivity contribution < 1.29 is 19.1 Å². The molecule has 1 aliphatic rings. The number of amides is 1. The van der Waals surface area contributed by atoms with E-state index in [2.05, 4.69) is 36.7 Å². The molecule has 0 radical (unpaired) electrons. The highest BCUT2D eigenvalue weighted by Gasteiger charge is 2.28. The van der Waals surface area contributed by atoms with Crippen LogP contribution in [-0.4, -0.2) is 43.6 Å². The monoisotopic (exact) mass is 411 g/mol. The van der Waals surface area contributed by atoms with Crippen LogP contribution in [0.15, 0.2) is 22.7 Å². The second kappa shape index (κ2) is 8.21. The Labute approximate surface area is 157 Å². The molecule has 2 rings (SSSR count). The van der Waals surface area contributed by atoms with Crippen LogP contribution in [-0.2, 0) is 19.7 Å². The fourth-order valence-electron chi connectivity index (χ4n) is 2.85. The number of piperidine rings is 1. The summed E-state index contributed by atoms with van der Waals surface area (Å²) in [5, 5.41) is 0. The van der Waals surface area contributed by atoms with Crippen LogP contribution in [0.1, 0.15) is 39.2 Å². The zero-order valence-corrected chi connectivity index (χ0v) is 16.9. The molecule has 1 heterocycles. The molecule has 0 spiro atoms. The predicted molar refractivity (Wildman–Crippen MR) is 99.7 cm³/mol. The van der Waals surface area contributed by atoms with Crippen LogP contribution >= 0.6 is 15.9 Å². The summed E-state index contributed by atoms with van der Waals surface area (Å²) in [6.07, 6.45) is 1.28. The van der Waals surface area contributed by atoms with Crippen LogP contribution in [0.2, 0.25) is 0 Å². The minimum Gasteiger partial charge on any atom is -0.483 e. The summed E-state index contributed by atoms with van der Waals surface area (Å²) < 4.78 is 11.3. The van der Waals surface area contributed by atoms with Gasteiger partial charge in [0.15, 0.2) is 6.61 Å². The van der Waals surface area contributed by atoms with Gasteiger partial charge in [-0.05, 0) is 51.9 Å². The van der Waals surface area contributed by atoms with Crippen molar-refractivity contribution in [3.8, 4) is 5.75 Å². The fourth-order valence-corrected chi connectivity index (χ4v) is 3.34. The van der Waals surface area contributed by atoms with Crippen molar-refractivity contribution in [1.82, 2.24) is 4.90 Å². The summed E-state index contributed by atoms with van der Waals surface area (Å²) in [6.45, 7) is 7.57. The summed E-state index contributed by atoms with van der Waals surface area (Å²) in [5.74, 6) is 0.307. The van der Waals surface area contributed by atoms with E-state index in [1.807, 2.05) is 18.2 Å². The molecule has 0 atom stereocenters. The molecule has 0 bridgehead atoms. The Balaban J connectivity index is 1.88. The summed E-state index contributed by atoms with van der Waals surface area (Å²) in [4.78, 5) is 25.6. The Kier molecular flexibility index (Phi) is 6.49. The number of rotatable bonds is 4. The molecule has 0 aliphatic carbocycles. The number of methoxy groups -OCH3 is 1. The van der Waals surface area contributed by atoms with Gasteiger partial charge in [0.1, 0.15) is 5.75 Å². The second-order valence-corrected chi connectivity index (χ2v) is 8.22. The molecule has 6 heteroatoms. The van der Waals surface area contributed by atoms with E-state index in [0.717, 1.165) is 4.47 Å². The Morgan fingerprint density at radius 3 is 2.40 bits per heavy atom.